The third-order valence-electron chi connectivity index (χ3n) is 1.53. The fourth-order valence-corrected chi connectivity index (χ4v) is 1.64. The average molecular weight is 251 g/mol. The van der Waals surface area contributed by atoms with E-state index in [1.54, 1.807) is 0 Å². The summed E-state index contributed by atoms with van der Waals surface area (Å²) in [5.74, 6) is -6.30. The largest absolute Gasteiger partial charge is 0.292 e. The van der Waals surface area contributed by atoms with Gasteiger partial charge in [0, 0.05) is 6.07 Å². The van der Waals surface area contributed by atoms with Gasteiger partial charge in [-0.25, -0.2) is 17.6 Å². The molecule has 0 unspecified atom stereocenters. The van der Waals surface area contributed by atoms with Gasteiger partial charge in [0.15, 0.2) is 23.3 Å². The third-order valence-corrected chi connectivity index (χ3v) is 2.45. The first-order valence-corrected chi connectivity index (χ1v) is 4.75. The summed E-state index contributed by atoms with van der Waals surface area (Å²) < 4.78 is 51.5. The summed E-state index contributed by atoms with van der Waals surface area (Å²) in [7, 11) is 0. The molecule has 0 amide bonds. The SMILES string of the molecule is C=NCC(=O)Sc1c(F)c(F)cc(F)c1F. The number of thioether (sulfide) groups is 1. The van der Waals surface area contributed by atoms with Gasteiger partial charge in [-0.3, -0.25) is 9.79 Å². The number of aliphatic imine (C=N–C) groups is 1. The third kappa shape index (κ3) is 2.60. The van der Waals surface area contributed by atoms with E-state index in [4.69, 9.17) is 0 Å². The van der Waals surface area contributed by atoms with Crippen molar-refractivity contribution in [2.24, 2.45) is 4.99 Å². The van der Waals surface area contributed by atoms with Crippen LogP contribution in [-0.4, -0.2) is 18.4 Å². The minimum Gasteiger partial charge on any atom is -0.292 e. The molecule has 0 aliphatic carbocycles. The number of rotatable bonds is 3. The topological polar surface area (TPSA) is 29.4 Å². The van der Waals surface area contributed by atoms with Crippen LogP contribution in [0.25, 0.3) is 0 Å². The van der Waals surface area contributed by atoms with Crippen molar-refractivity contribution in [3.63, 3.8) is 0 Å². The predicted octanol–water partition coefficient (Wildman–Crippen LogP) is 2.56. The van der Waals surface area contributed by atoms with Crippen LogP contribution < -0.4 is 0 Å². The van der Waals surface area contributed by atoms with E-state index in [9.17, 15) is 22.4 Å². The lowest BCUT2D eigenvalue weighted by Crippen LogP contribution is -2.02. The summed E-state index contributed by atoms with van der Waals surface area (Å²) in [6.07, 6.45) is 0. The van der Waals surface area contributed by atoms with Crippen molar-refractivity contribution in [1.29, 1.82) is 0 Å². The van der Waals surface area contributed by atoms with Gasteiger partial charge in [0.1, 0.15) is 6.54 Å². The first-order chi connectivity index (χ1) is 7.47. The first kappa shape index (κ1) is 12.7. The molecule has 1 rings (SSSR count). The number of halogens is 4. The molecule has 16 heavy (non-hydrogen) atoms. The summed E-state index contributed by atoms with van der Waals surface area (Å²) in [5.41, 5.74) is 0. The van der Waals surface area contributed by atoms with E-state index in [-0.39, 0.29) is 17.8 Å². The molecule has 0 radical (unpaired) electrons. The van der Waals surface area contributed by atoms with Crippen LogP contribution in [0.4, 0.5) is 17.6 Å². The van der Waals surface area contributed by atoms with Crippen LogP contribution in [0.5, 0.6) is 0 Å². The summed E-state index contributed by atoms with van der Waals surface area (Å²) in [5, 5.41) is -0.766. The Morgan fingerprint density at radius 1 is 1.25 bits per heavy atom. The van der Waals surface area contributed by atoms with Gasteiger partial charge in [-0.2, -0.15) is 0 Å². The Morgan fingerprint density at radius 2 is 1.75 bits per heavy atom. The summed E-state index contributed by atoms with van der Waals surface area (Å²) >= 11 is 0.0471. The van der Waals surface area contributed by atoms with Gasteiger partial charge in [0.2, 0.25) is 5.12 Å². The molecule has 86 valence electrons. The maximum atomic E-state index is 13.0. The van der Waals surface area contributed by atoms with E-state index in [0.29, 0.717) is 0 Å². The van der Waals surface area contributed by atoms with Crippen LogP contribution in [0.15, 0.2) is 16.0 Å². The molecule has 0 saturated heterocycles. The fourth-order valence-electron chi connectivity index (χ4n) is 0.878. The minimum absolute atomic E-state index is 0.0471. The van der Waals surface area contributed by atoms with Gasteiger partial charge < -0.3 is 0 Å². The molecular weight excluding hydrogens is 246 g/mol. The molecule has 0 fully saturated rings. The summed E-state index contributed by atoms with van der Waals surface area (Å²) in [6.45, 7) is 2.60. The van der Waals surface area contributed by atoms with Crippen LogP contribution in [-0.2, 0) is 4.79 Å². The lowest BCUT2D eigenvalue weighted by Gasteiger charge is -2.04. The van der Waals surface area contributed by atoms with Gasteiger partial charge in [-0.1, -0.05) is 0 Å². The van der Waals surface area contributed by atoms with Gasteiger partial charge in [0.05, 0.1) is 4.90 Å². The molecule has 0 bridgehead atoms. The van der Waals surface area contributed by atoms with Crippen LogP contribution in [0.1, 0.15) is 0 Å². The Morgan fingerprint density at radius 3 is 2.19 bits per heavy atom. The molecule has 7 heteroatoms. The van der Waals surface area contributed by atoms with Crippen molar-refractivity contribution >= 4 is 23.6 Å². The van der Waals surface area contributed by atoms with E-state index in [1.165, 1.54) is 0 Å². The highest BCUT2D eigenvalue weighted by molar-refractivity contribution is 8.13. The Labute approximate surface area is 92.4 Å². The second kappa shape index (κ2) is 5.11. The number of carbonyl (C=O) groups excluding carboxylic acids is 1. The van der Waals surface area contributed by atoms with E-state index < -0.39 is 39.8 Å². The molecule has 0 aromatic heterocycles. The molecule has 0 aliphatic rings. The zero-order chi connectivity index (χ0) is 12.3. The highest BCUT2D eigenvalue weighted by Gasteiger charge is 2.21. The zero-order valence-electron chi connectivity index (χ0n) is 7.77. The smallest absolute Gasteiger partial charge is 0.215 e. The lowest BCUT2D eigenvalue weighted by molar-refractivity contribution is -0.109. The van der Waals surface area contributed by atoms with Crippen molar-refractivity contribution in [1.82, 2.24) is 0 Å². The fraction of sp³-hybridized carbons (Fsp3) is 0.111. The zero-order valence-corrected chi connectivity index (χ0v) is 8.58. The molecule has 0 N–H and O–H groups in total. The maximum Gasteiger partial charge on any atom is 0.215 e. The van der Waals surface area contributed by atoms with Gasteiger partial charge in [-0.05, 0) is 18.5 Å². The second-order valence-electron chi connectivity index (χ2n) is 2.65. The summed E-state index contributed by atoms with van der Waals surface area (Å²) in [4.78, 5) is 13.2. The Balaban J connectivity index is 3.12. The molecule has 0 saturated carbocycles. The lowest BCUT2D eigenvalue weighted by atomic mass is 10.3. The Kier molecular flexibility index (Phi) is 4.05. The van der Waals surface area contributed by atoms with Crippen LogP contribution in [0.2, 0.25) is 0 Å². The van der Waals surface area contributed by atoms with E-state index >= 15 is 0 Å². The van der Waals surface area contributed by atoms with Crippen molar-refractivity contribution in [3.05, 3.63) is 29.3 Å². The van der Waals surface area contributed by atoms with E-state index in [0.717, 1.165) is 0 Å². The van der Waals surface area contributed by atoms with Crippen molar-refractivity contribution in [2.75, 3.05) is 6.54 Å². The Hall–Kier alpha value is -1.37. The average Bonchev–Trinajstić information content (AvgIpc) is 2.22. The molecule has 0 atom stereocenters. The number of benzene rings is 1. The first-order valence-electron chi connectivity index (χ1n) is 3.93. The molecule has 1 aromatic carbocycles. The maximum absolute atomic E-state index is 13.0. The van der Waals surface area contributed by atoms with Gasteiger partial charge in [-0.15, -0.1) is 0 Å². The van der Waals surface area contributed by atoms with Crippen LogP contribution in [0, 0.1) is 23.3 Å². The standard InChI is InChI=1S/C9H5F4NOS/c1-14-3-6(15)16-9-7(12)4(10)2-5(11)8(9)13/h2H,1,3H2. The van der Waals surface area contributed by atoms with Crippen LogP contribution >= 0.6 is 11.8 Å². The highest BCUT2D eigenvalue weighted by atomic mass is 32.2. The molecule has 0 heterocycles. The van der Waals surface area contributed by atoms with Crippen molar-refractivity contribution in [3.8, 4) is 0 Å². The number of hydrogen-bond donors (Lipinski definition) is 0. The molecule has 0 aliphatic heterocycles. The summed E-state index contributed by atoms with van der Waals surface area (Å²) in [6, 6.07) is 0.0744. The van der Waals surface area contributed by atoms with Gasteiger partial charge in [0.25, 0.3) is 0 Å². The normalized spacial score (nSPS) is 10.2. The van der Waals surface area contributed by atoms with Crippen LogP contribution in [0.3, 0.4) is 0 Å². The highest BCUT2D eigenvalue weighted by Crippen LogP contribution is 2.29. The number of carbonyl (C=O) groups is 1. The molecule has 1 aromatic rings. The number of hydrogen-bond acceptors (Lipinski definition) is 3. The van der Waals surface area contributed by atoms with Crippen molar-refractivity contribution < 1.29 is 22.4 Å². The quantitative estimate of drug-likeness (QED) is 0.357. The molecule has 0 spiro atoms. The predicted molar refractivity (Wildman–Crippen MR) is 51.6 cm³/mol. The molecule has 2 nitrogen and oxygen atoms in total. The van der Waals surface area contributed by atoms with E-state index in [1.807, 2.05) is 0 Å². The number of nitrogens with zero attached hydrogens (tertiary/aromatic N) is 1. The van der Waals surface area contributed by atoms with E-state index in [2.05, 4.69) is 11.7 Å². The minimum atomic E-state index is -1.60. The van der Waals surface area contributed by atoms with Gasteiger partial charge >= 0.3 is 0 Å². The second-order valence-corrected chi connectivity index (χ2v) is 3.72. The Bertz CT molecular complexity index is 423. The molecular formula is C9H5F4NOS. The monoisotopic (exact) mass is 251 g/mol. The van der Waals surface area contributed by atoms with Crippen molar-refractivity contribution in [2.45, 2.75) is 4.90 Å².